The van der Waals surface area contributed by atoms with E-state index in [0.717, 1.165) is 63.2 Å². The van der Waals surface area contributed by atoms with Crippen LogP contribution in [-0.4, -0.2) is 54.9 Å². The molecule has 22 heavy (non-hydrogen) atoms. The molecule has 1 aromatic rings. The van der Waals surface area contributed by atoms with Gasteiger partial charge >= 0.3 is 0 Å². The summed E-state index contributed by atoms with van der Waals surface area (Å²) in [7, 11) is 0. The van der Waals surface area contributed by atoms with E-state index in [4.69, 9.17) is 21.3 Å². The van der Waals surface area contributed by atoms with Crippen molar-refractivity contribution >= 4 is 22.5 Å². The molecule has 0 spiro atoms. The second kappa shape index (κ2) is 12.2. The highest BCUT2D eigenvalue weighted by Crippen LogP contribution is 2.00. The third kappa shape index (κ3) is 9.51. The molecule has 0 bridgehead atoms. The van der Waals surface area contributed by atoms with E-state index < -0.39 is 0 Å². The maximum absolute atomic E-state index is 6.48. The normalized spacial score (nSPS) is 14.7. The molecule has 0 aliphatic carbocycles. The minimum absolute atomic E-state index is 0.0370. The third-order valence-corrected chi connectivity index (χ3v) is 3.43. The van der Waals surface area contributed by atoms with Crippen LogP contribution in [0.4, 0.5) is 0 Å². The van der Waals surface area contributed by atoms with Crippen molar-refractivity contribution in [2.45, 2.75) is 6.61 Å². The largest absolute Gasteiger partial charge is 0.378 e. The van der Waals surface area contributed by atoms with E-state index in [1.165, 1.54) is 5.56 Å². The van der Waals surface area contributed by atoms with Crippen LogP contribution >= 0.6 is 11.8 Å². The van der Waals surface area contributed by atoms with Crippen molar-refractivity contribution in [3.05, 3.63) is 35.9 Å². The molecule has 0 amide bonds. The van der Waals surface area contributed by atoms with Crippen LogP contribution in [-0.2, 0) is 11.3 Å². The number of amidine groups is 1. The first-order chi connectivity index (χ1) is 10.7. The molecule has 122 valence electrons. The second-order valence-corrected chi connectivity index (χ2v) is 5.64. The average molecular weight is 323 g/mol. The molecule has 0 unspecified atom stereocenters. The lowest BCUT2D eigenvalue weighted by molar-refractivity contribution is 0.0886. The van der Waals surface area contributed by atoms with E-state index in [0.29, 0.717) is 0 Å². The number of thioether (sulfide) groups is 1. The quantitative estimate of drug-likeness (QED) is 0.360. The van der Waals surface area contributed by atoms with Crippen molar-refractivity contribution in [1.82, 2.24) is 10.2 Å². The molecule has 1 aromatic carbocycles. The molecule has 1 heterocycles. The third-order valence-electron chi connectivity index (χ3n) is 3.06. The van der Waals surface area contributed by atoms with E-state index in [1.54, 1.807) is 0 Å². The van der Waals surface area contributed by atoms with Gasteiger partial charge < -0.3 is 21.2 Å². The summed E-state index contributed by atoms with van der Waals surface area (Å²) in [4.78, 5) is 2.45. The number of nitrogens with zero attached hydrogens (tertiary/aromatic N) is 1. The van der Waals surface area contributed by atoms with Gasteiger partial charge in [-0.15, -0.1) is 0 Å². The van der Waals surface area contributed by atoms with Crippen molar-refractivity contribution in [3.63, 3.8) is 0 Å². The SMILES string of the molecule is N=CSC(=N)N.c1ccc(COCCN2CCNCC2)cc1. The highest BCUT2D eigenvalue weighted by Gasteiger charge is 2.08. The van der Waals surface area contributed by atoms with Gasteiger partial charge in [-0.1, -0.05) is 30.3 Å². The van der Waals surface area contributed by atoms with Gasteiger partial charge in [-0.3, -0.25) is 10.3 Å². The summed E-state index contributed by atoms with van der Waals surface area (Å²) >= 11 is 0.889. The highest BCUT2D eigenvalue weighted by atomic mass is 32.2. The van der Waals surface area contributed by atoms with Crippen molar-refractivity contribution in [1.29, 1.82) is 10.8 Å². The van der Waals surface area contributed by atoms with Gasteiger partial charge in [0.1, 0.15) is 0 Å². The van der Waals surface area contributed by atoms with Crippen LogP contribution in [0.3, 0.4) is 0 Å². The number of nitrogens with two attached hydrogens (primary N) is 1. The first kappa shape index (κ1) is 18.6. The predicted octanol–water partition coefficient (Wildman–Crippen LogP) is 1.33. The Bertz CT molecular complexity index is 423. The van der Waals surface area contributed by atoms with E-state index in [-0.39, 0.29) is 5.17 Å². The zero-order valence-corrected chi connectivity index (χ0v) is 13.6. The number of benzene rings is 1. The summed E-state index contributed by atoms with van der Waals surface area (Å²) in [5, 5.41) is 16.1. The zero-order chi connectivity index (χ0) is 16.0. The summed E-state index contributed by atoms with van der Waals surface area (Å²) in [5.41, 5.74) is 7.07. The van der Waals surface area contributed by atoms with E-state index >= 15 is 0 Å². The van der Waals surface area contributed by atoms with Gasteiger partial charge in [0.05, 0.1) is 18.8 Å². The fraction of sp³-hybridized carbons (Fsp3) is 0.467. The summed E-state index contributed by atoms with van der Waals surface area (Å²) in [6.07, 6.45) is 0. The number of hydrogen-bond donors (Lipinski definition) is 4. The highest BCUT2D eigenvalue weighted by molar-refractivity contribution is 8.24. The lowest BCUT2D eigenvalue weighted by Crippen LogP contribution is -2.44. The standard InChI is InChI=1S/C13H20N2O.C2H5N3S/c1-2-4-13(5-3-1)12-16-11-10-15-8-6-14-7-9-15;3-1-6-2(4)5/h1-5,14H,6-12H2;1,3H,(H3,4,5). The Hall–Kier alpha value is -1.41. The number of rotatable bonds is 6. The molecule has 7 heteroatoms. The molecular formula is C15H25N5OS. The average Bonchev–Trinajstić information content (AvgIpc) is 2.54. The van der Waals surface area contributed by atoms with Gasteiger partial charge in [0.15, 0.2) is 5.17 Å². The van der Waals surface area contributed by atoms with Crippen LogP contribution in [0.15, 0.2) is 30.3 Å². The lowest BCUT2D eigenvalue weighted by Gasteiger charge is -2.26. The Balaban J connectivity index is 0.000000346. The number of piperazine rings is 1. The van der Waals surface area contributed by atoms with E-state index in [9.17, 15) is 0 Å². The van der Waals surface area contributed by atoms with Gasteiger partial charge in [0.2, 0.25) is 0 Å². The monoisotopic (exact) mass is 323 g/mol. The fourth-order valence-electron chi connectivity index (χ4n) is 1.96. The fourth-order valence-corrected chi connectivity index (χ4v) is 2.08. The van der Waals surface area contributed by atoms with Crippen molar-refractivity contribution in [2.24, 2.45) is 5.73 Å². The summed E-state index contributed by atoms with van der Waals surface area (Å²) < 4.78 is 5.66. The predicted molar refractivity (Wildman–Crippen MR) is 93.7 cm³/mol. The summed E-state index contributed by atoms with van der Waals surface area (Å²) in [6, 6.07) is 10.3. The maximum Gasteiger partial charge on any atom is 0.156 e. The van der Waals surface area contributed by atoms with Gasteiger partial charge in [-0.25, -0.2) is 0 Å². The maximum atomic E-state index is 6.48. The molecule has 0 saturated carbocycles. The molecule has 1 aliphatic rings. The van der Waals surface area contributed by atoms with Crippen LogP contribution in [0, 0.1) is 10.8 Å². The van der Waals surface area contributed by atoms with Crippen LogP contribution in [0.5, 0.6) is 0 Å². The van der Waals surface area contributed by atoms with Crippen LogP contribution in [0.25, 0.3) is 0 Å². The smallest absolute Gasteiger partial charge is 0.156 e. The van der Waals surface area contributed by atoms with Gasteiger partial charge in [-0.05, 0) is 17.3 Å². The topological polar surface area (TPSA) is 98.2 Å². The molecule has 0 aromatic heterocycles. The van der Waals surface area contributed by atoms with Crippen LogP contribution in [0.2, 0.25) is 0 Å². The zero-order valence-electron chi connectivity index (χ0n) is 12.8. The van der Waals surface area contributed by atoms with Gasteiger partial charge in [-0.2, -0.15) is 0 Å². The summed E-state index contributed by atoms with van der Waals surface area (Å²) in [6.45, 7) is 7.12. The second-order valence-electron chi connectivity index (χ2n) is 4.73. The Labute approximate surface area is 136 Å². The van der Waals surface area contributed by atoms with E-state index in [2.05, 4.69) is 34.5 Å². The summed E-state index contributed by atoms with van der Waals surface area (Å²) in [5.74, 6) is 0. The van der Waals surface area contributed by atoms with Crippen molar-refractivity contribution in [2.75, 3.05) is 39.3 Å². The Morgan fingerprint density at radius 1 is 1.32 bits per heavy atom. The number of ether oxygens (including phenoxy) is 1. The molecule has 0 radical (unpaired) electrons. The van der Waals surface area contributed by atoms with Gasteiger partial charge in [0, 0.05) is 32.7 Å². The molecule has 2 rings (SSSR count). The number of nitrogens with one attached hydrogen (secondary N) is 3. The molecule has 1 aliphatic heterocycles. The lowest BCUT2D eigenvalue weighted by atomic mass is 10.2. The van der Waals surface area contributed by atoms with Gasteiger partial charge in [0.25, 0.3) is 0 Å². The molecule has 1 fully saturated rings. The minimum atomic E-state index is -0.0370. The molecule has 5 N–H and O–H groups in total. The number of hydrogen-bond acceptors (Lipinski definition) is 6. The Kier molecular flexibility index (Phi) is 10.3. The first-order valence-corrected chi connectivity index (χ1v) is 8.14. The molecular weight excluding hydrogens is 298 g/mol. The van der Waals surface area contributed by atoms with Crippen LogP contribution < -0.4 is 11.1 Å². The minimum Gasteiger partial charge on any atom is -0.378 e. The van der Waals surface area contributed by atoms with Crippen LogP contribution in [0.1, 0.15) is 5.56 Å². The first-order valence-electron chi connectivity index (χ1n) is 7.26. The van der Waals surface area contributed by atoms with E-state index in [1.807, 2.05) is 6.07 Å². The Morgan fingerprint density at radius 3 is 2.55 bits per heavy atom. The Morgan fingerprint density at radius 2 is 2.00 bits per heavy atom. The molecule has 6 nitrogen and oxygen atoms in total. The van der Waals surface area contributed by atoms with Crippen molar-refractivity contribution in [3.8, 4) is 0 Å². The molecule has 1 saturated heterocycles. The molecule has 0 atom stereocenters. The van der Waals surface area contributed by atoms with Crippen molar-refractivity contribution < 1.29 is 4.74 Å².